The molecule has 0 atom stereocenters. The van der Waals surface area contributed by atoms with Crippen LogP contribution in [0.1, 0.15) is 5.56 Å². The van der Waals surface area contributed by atoms with Gasteiger partial charge in [-0.15, -0.1) is 0 Å². The van der Waals surface area contributed by atoms with E-state index in [1.165, 1.54) is 15.4 Å². The summed E-state index contributed by atoms with van der Waals surface area (Å²) in [6.45, 7) is 0.974. The zero-order valence-electron chi connectivity index (χ0n) is 10.9. The van der Waals surface area contributed by atoms with E-state index in [1.807, 2.05) is 18.2 Å². The van der Waals surface area contributed by atoms with Crippen LogP contribution >= 0.6 is 23.4 Å². The zero-order chi connectivity index (χ0) is 13.0. The van der Waals surface area contributed by atoms with Crippen LogP contribution in [0.15, 0.2) is 58.3 Å². The van der Waals surface area contributed by atoms with Crippen LogP contribution in [0.3, 0.4) is 0 Å². The Morgan fingerprint density at radius 3 is 2.26 bits per heavy atom. The summed E-state index contributed by atoms with van der Waals surface area (Å²) in [6, 6.07) is 16.6. The molecule has 2 aromatic rings. The second-order valence-electron chi connectivity index (χ2n) is 4.44. The highest BCUT2D eigenvalue weighted by Crippen LogP contribution is 2.29. The van der Waals surface area contributed by atoms with Gasteiger partial charge >= 0.3 is 0 Å². The molecule has 0 saturated heterocycles. The minimum Gasteiger partial charge on any atom is -1.00 e. The smallest absolute Gasteiger partial charge is 0.0417 e. The van der Waals surface area contributed by atoms with E-state index in [2.05, 4.69) is 49.3 Å². The van der Waals surface area contributed by atoms with Crippen LogP contribution in [0.2, 0.25) is 5.02 Å². The van der Waals surface area contributed by atoms with E-state index in [9.17, 15) is 0 Å². The fourth-order valence-electron chi connectivity index (χ4n) is 1.69. The van der Waals surface area contributed by atoms with Crippen LogP contribution < -0.4 is 12.4 Å². The third-order valence-electron chi connectivity index (χ3n) is 2.45. The molecule has 0 heterocycles. The summed E-state index contributed by atoms with van der Waals surface area (Å²) in [5.41, 5.74) is 1.33. The average Bonchev–Trinajstić information content (AvgIpc) is 2.31. The molecule has 2 rings (SSSR count). The van der Waals surface area contributed by atoms with Crippen LogP contribution in [0.5, 0.6) is 0 Å². The molecule has 2 aromatic carbocycles. The van der Waals surface area contributed by atoms with Gasteiger partial charge in [0.2, 0.25) is 0 Å². The van der Waals surface area contributed by atoms with Crippen LogP contribution in [-0.4, -0.2) is 19.0 Å². The van der Waals surface area contributed by atoms with Gasteiger partial charge < -0.3 is 17.3 Å². The van der Waals surface area contributed by atoms with E-state index in [1.54, 1.807) is 11.8 Å². The fraction of sp³-hybridized carbons (Fsp3) is 0.200. The van der Waals surface area contributed by atoms with Crippen molar-refractivity contribution in [1.29, 1.82) is 0 Å². The maximum absolute atomic E-state index is 5.97. The SMILES string of the molecule is CN(C)Cc1ccc(Sc2cccc(Cl)c2)cc1.[Cl-]. The van der Waals surface area contributed by atoms with Crippen molar-refractivity contribution in [3.8, 4) is 0 Å². The maximum Gasteiger partial charge on any atom is 0.0417 e. The predicted octanol–water partition coefficient (Wildman–Crippen LogP) is 1.56. The minimum absolute atomic E-state index is 0. The molecular weight excluding hydrogens is 297 g/mol. The molecule has 0 unspecified atom stereocenters. The number of hydrogen-bond acceptors (Lipinski definition) is 2. The van der Waals surface area contributed by atoms with Gasteiger partial charge in [0.25, 0.3) is 0 Å². The highest BCUT2D eigenvalue weighted by Gasteiger charge is 1.99. The van der Waals surface area contributed by atoms with Gasteiger partial charge in [-0.25, -0.2) is 0 Å². The quantitative estimate of drug-likeness (QED) is 0.843. The van der Waals surface area contributed by atoms with Crippen molar-refractivity contribution in [3.05, 3.63) is 59.1 Å². The lowest BCUT2D eigenvalue weighted by Gasteiger charge is -2.10. The molecule has 0 aliphatic heterocycles. The van der Waals surface area contributed by atoms with Crippen molar-refractivity contribution in [2.75, 3.05) is 14.1 Å². The lowest BCUT2D eigenvalue weighted by molar-refractivity contribution is -0.00000365. The second-order valence-corrected chi connectivity index (χ2v) is 6.02. The molecule has 0 aromatic heterocycles. The largest absolute Gasteiger partial charge is 1.00 e. The molecule has 0 aliphatic carbocycles. The van der Waals surface area contributed by atoms with E-state index in [0.29, 0.717) is 0 Å². The third kappa shape index (κ3) is 5.45. The predicted molar refractivity (Wildman–Crippen MR) is 79.4 cm³/mol. The molecule has 4 heteroatoms. The van der Waals surface area contributed by atoms with Crippen molar-refractivity contribution in [2.24, 2.45) is 0 Å². The average molecular weight is 313 g/mol. The van der Waals surface area contributed by atoms with E-state index in [4.69, 9.17) is 11.6 Å². The van der Waals surface area contributed by atoms with Crippen molar-refractivity contribution < 1.29 is 12.4 Å². The van der Waals surface area contributed by atoms with Gasteiger partial charge in [-0.2, -0.15) is 0 Å². The van der Waals surface area contributed by atoms with Crippen LogP contribution in [0.25, 0.3) is 0 Å². The lowest BCUT2D eigenvalue weighted by Crippen LogP contribution is -3.00. The number of benzene rings is 2. The summed E-state index contributed by atoms with van der Waals surface area (Å²) in [7, 11) is 4.16. The van der Waals surface area contributed by atoms with Gasteiger partial charge in [-0.05, 0) is 50.0 Å². The molecule has 0 spiro atoms. The van der Waals surface area contributed by atoms with Gasteiger partial charge in [-0.1, -0.05) is 41.6 Å². The van der Waals surface area contributed by atoms with E-state index in [-0.39, 0.29) is 12.4 Å². The Labute approximate surface area is 130 Å². The first-order valence-corrected chi connectivity index (χ1v) is 7.00. The molecule has 0 amide bonds. The molecule has 19 heavy (non-hydrogen) atoms. The zero-order valence-corrected chi connectivity index (χ0v) is 13.3. The van der Waals surface area contributed by atoms with Crippen LogP contribution in [-0.2, 0) is 6.54 Å². The number of rotatable bonds is 4. The van der Waals surface area contributed by atoms with Crippen LogP contribution in [0.4, 0.5) is 0 Å². The fourth-order valence-corrected chi connectivity index (χ4v) is 2.83. The first kappa shape index (κ1) is 16.4. The van der Waals surface area contributed by atoms with Gasteiger partial charge in [0.1, 0.15) is 0 Å². The summed E-state index contributed by atoms with van der Waals surface area (Å²) in [6.07, 6.45) is 0. The molecule has 1 nitrogen and oxygen atoms in total. The Hall–Kier alpha value is -0.670. The Balaban J connectivity index is 0.00000180. The topological polar surface area (TPSA) is 3.24 Å². The van der Waals surface area contributed by atoms with E-state index < -0.39 is 0 Å². The number of hydrogen-bond donors (Lipinski definition) is 0. The van der Waals surface area contributed by atoms with Crippen molar-refractivity contribution in [1.82, 2.24) is 4.90 Å². The van der Waals surface area contributed by atoms with Gasteiger partial charge in [0.05, 0.1) is 0 Å². The minimum atomic E-state index is 0. The number of nitrogens with zero attached hydrogens (tertiary/aromatic N) is 1. The summed E-state index contributed by atoms with van der Waals surface area (Å²) in [5, 5.41) is 0.782. The first-order valence-electron chi connectivity index (χ1n) is 5.80. The van der Waals surface area contributed by atoms with Gasteiger partial charge in [0, 0.05) is 21.4 Å². The lowest BCUT2D eigenvalue weighted by atomic mass is 10.2. The van der Waals surface area contributed by atoms with Crippen molar-refractivity contribution in [2.45, 2.75) is 16.3 Å². The second kappa shape index (κ2) is 7.81. The first-order chi connectivity index (χ1) is 8.63. The molecule has 0 radical (unpaired) electrons. The molecule has 0 N–H and O–H groups in total. The molecular formula is C15H16Cl2NS-. The van der Waals surface area contributed by atoms with Crippen molar-refractivity contribution >= 4 is 23.4 Å². The van der Waals surface area contributed by atoms with Gasteiger partial charge in [0.15, 0.2) is 0 Å². The molecule has 0 aliphatic rings. The van der Waals surface area contributed by atoms with Crippen LogP contribution in [0, 0.1) is 0 Å². The molecule has 102 valence electrons. The summed E-state index contributed by atoms with van der Waals surface area (Å²) in [4.78, 5) is 4.57. The summed E-state index contributed by atoms with van der Waals surface area (Å²) < 4.78 is 0. The number of halogens is 2. The molecule has 0 bridgehead atoms. The Morgan fingerprint density at radius 1 is 1.00 bits per heavy atom. The van der Waals surface area contributed by atoms with E-state index >= 15 is 0 Å². The maximum atomic E-state index is 5.97. The monoisotopic (exact) mass is 312 g/mol. The molecule has 0 fully saturated rings. The Kier molecular flexibility index (Phi) is 6.73. The standard InChI is InChI=1S/C15H16ClNS.ClH/c1-17(2)11-12-6-8-14(9-7-12)18-15-5-3-4-13(16)10-15;/h3-10H,11H2,1-2H3;1H/p-1. The van der Waals surface area contributed by atoms with E-state index in [0.717, 1.165) is 11.6 Å². The van der Waals surface area contributed by atoms with Crippen molar-refractivity contribution in [3.63, 3.8) is 0 Å². The Bertz CT molecular complexity index is 512. The normalized spacial score (nSPS) is 10.3. The highest BCUT2D eigenvalue weighted by molar-refractivity contribution is 7.99. The Morgan fingerprint density at radius 2 is 1.68 bits per heavy atom. The third-order valence-corrected chi connectivity index (χ3v) is 3.69. The highest BCUT2D eigenvalue weighted by atomic mass is 35.5. The molecule has 0 saturated carbocycles. The summed E-state index contributed by atoms with van der Waals surface area (Å²) >= 11 is 7.71. The van der Waals surface area contributed by atoms with Gasteiger partial charge in [-0.3, -0.25) is 0 Å². The summed E-state index contributed by atoms with van der Waals surface area (Å²) in [5.74, 6) is 0.